The van der Waals surface area contributed by atoms with Crippen molar-refractivity contribution in [3.63, 3.8) is 0 Å². The lowest BCUT2D eigenvalue weighted by atomic mass is 9.62. The lowest BCUT2D eigenvalue weighted by Crippen LogP contribution is -2.62. The smallest absolute Gasteiger partial charge is 0.0544 e. The minimum absolute atomic E-state index is 0.1000. The number of rotatable bonds is 4. The minimum atomic E-state index is 0.1000. The summed E-state index contributed by atoms with van der Waals surface area (Å²) < 4.78 is 0. The monoisotopic (exact) mass is 261 g/mol. The molecule has 1 unspecified atom stereocenters. The second kappa shape index (κ2) is 5.59. The minimum Gasteiger partial charge on any atom is -0.329 e. The molecular formula is C16H27N3. The van der Waals surface area contributed by atoms with Crippen molar-refractivity contribution in [3.05, 3.63) is 30.1 Å². The standard InChI is InChI=1S/C16H27N3/c1-15(2)9-5-6-10-16(15,13-17)19(3)12-14-8-4-7-11-18-14/h4,7-8,11H,5-6,9-10,12-13,17H2,1-3H3. The van der Waals surface area contributed by atoms with E-state index in [2.05, 4.69) is 42.9 Å². The highest BCUT2D eigenvalue weighted by Crippen LogP contribution is 2.46. The quantitative estimate of drug-likeness (QED) is 0.906. The molecule has 0 aromatic carbocycles. The summed E-state index contributed by atoms with van der Waals surface area (Å²) in [5.74, 6) is 0. The van der Waals surface area contributed by atoms with Crippen molar-refractivity contribution in [1.29, 1.82) is 0 Å². The van der Waals surface area contributed by atoms with Crippen LogP contribution in [-0.2, 0) is 6.54 Å². The summed E-state index contributed by atoms with van der Waals surface area (Å²) in [6.07, 6.45) is 6.93. The van der Waals surface area contributed by atoms with Gasteiger partial charge < -0.3 is 5.73 Å². The van der Waals surface area contributed by atoms with Crippen LogP contribution >= 0.6 is 0 Å². The third-order valence-corrected chi connectivity index (χ3v) is 5.10. The lowest BCUT2D eigenvalue weighted by Gasteiger charge is -2.55. The largest absolute Gasteiger partial charge is 0.329 e. The molecule has 106 valence electrons. The number of hydrogen-bond acceptors (Lipinski definition) is 3. The zero-order chi connectivity index (χ0) is 13.9. The molecule has 1 aliphatic rings. The van der Waals surface area contributed by atoms with Crippen LogP contribution in [0.5, 0.6) is 0 Å². The Hall–Kier alpha value is -0.930. The zero-order valence-electron chi connectivity index (χ0n) is 12.5. The van der Waals surface area contributed by atoms with E-state index in [1.165, 1.54) is 25.7 Å². The highest BCUT2D eigenvalue weighted by Gasteiger charge is 2.48. The topological polar surface area (TPSA) is 42.2 Å². The fourth-order valence-electron chi connectivity index (χ4n) is 3.68. The van der Waals surface area contributed by atoms with Crippen LogP contribution in [0.1, 0.15) is 45.2 Å². The van der Waals surface area contributed by atoms with E-state index in [-0.39, 0.29) is 11.0 Å². The van der Waals surface area contributed by atoms with E-state index in [0.717, 1.165) is 18.8 Å². The normalized spacial score (nSPS) is 26.6. The fourth-order valence-corrected chi connectivity index (χ4v) is 3.68. The molecular weight excluding hydrogens is 234 g/mol. The van der Waals surface area contributed by atoms with Crippen LogP contribution in [0.15, 0.2) is 24.4 Å². The van der Waals surface area contributed by atoms with Crippen LogP contribution in [0.3, 0.4) is 0 Å². The van der Waals surface area contributed by atoms with Gasteiger partial charge in [0, 0.05) is 24.8 Å². The zero-order valence-corrected chi connectivity index (χ0v) is 12.5. The summed E-state index contributed by atoms with van der Waals surface area (Å²) >= 11 is 0. The molecule has 1 saturated carbocycles. The van der Waals surface area contributed by atoms with Crippen LogP contribution < -0.4 is 5.73 Å². The van der Waals surface area contributed by atoms with Crippen LogP contribution in [0.2, 0.25) is 0 Å². The number of nitrogens with two attached hydrogens (primary N) is 1. The maximum Gasteiger partial charge on any atom is 0.0544 e. The number of hydrogen-bond donors (Lipinski definition) is 1. The highest BCUT2D eigenvalue weighted by molar-refractivity contribution is 5.08. The second-order valence-electron chi connectivity index (χ2n) is 6.50. The Morgan fingerprint density at radius 3 is 2.58 bits per heavy atom. The lowest BCUT2D eigenvalue weighted by molar-refractivity contribution is -0.0340. The van der Waals surface area contributed by atoms with Crippen molar-refractivity contribution >= 4 is 0 Å². The van der Waals surface area contributed by atoms with Gasteiger partial charge in [0.1, 0.15) is 0 Å². The Morgan fingerprint density at radius 1 is 1.26 bits per heavy atom. The van der Waals surface area contributed by atoms with Crippen molar-refractivity contribution in [2.45, 2.75) is 51.6 Å². The highest BCUT2D eigenvalue weighted by atomic mass is 15.2. The maximum absolute atomic E-state index is 6.21. The number of likely N-dealkylation sites (N-methyl/N-ethyl adjacent to an activating group) is 1. The predicted molar refractivity (Wildman–Crippen MR) is 79.7 cm³/mol. The molecule has 1 fully saturated rings. The molecule has 0 spiro atoms. The molecule has 0 bridgehead atoms. The van der Waals surface area contributed by atoms with Gasteiger partial charge in [0.05, 0.1) is 5.69 Å². The van der Waals surface area contributed by atoms with Gasteiger partial charge in [-0.25, -0.2) is 0 Å². The predicted octanol–water partition coefficient (Wildman–Crippen LogP) is 2.81. The average molecular weight is 261 g/mol. The van der Waals surface area contributed by atoms with E-state index in [0.29, 0.717) is 0 Å². The van der Waals surface area contributed by atoms with E-state index in [9.17, 15) is 0 Å². The average Bonchev–Trinajstić information content (AvgIpc) is 2.39. The molecule has 3 heteroatoms. The van der Waals surface area contributed by atoms with Crippen molar-refractivity contribution in [1.82, 2.24) is 9.88 Å². The number of aromatic nitrogens is 1. The molecule has 2 rings (SSSR count). The van der Waals surface area contributed by atoms with Gasteiger partial charge in [0.15, 0.2) is 0 Å². The Bertz CT molecular complexity index is 402. The Labute approximate surface area is 117 Å². The van der Waals surface area contributed by atoms with Gasteiger partial charge in [-0.15, -0.1) is 0 Å². The van der Waals surface area contributed by atoms with Gasteiger partial charge in [-0.05, 0) is 37.4 Å². The van der Waals surface area contributed by atoms with Gasteiger partial charge in [-0.3, -0.25) is 9.88 Å². The fraction of sp³-hybridized carbons (Fsp3) is 0.688. The molecule has 0 radical (unpaired) electrons. The Kier molecular flexibility index (Phi) is 4.26. The molecule has 1 aromatic rings. The molecule has 0 amide bonds. The van der Waals surface area contributed by atoms with Crippen LogP contribution in [0, 0.1) is 5.41 Å². The number of nitrogens with zero attached hydrogens (tertiary/aromatic N) is 2. The molecule has 0 aliphatic heterocycles. The first-order chi connectivity index (χ1) is 9.02. The Balaban J connectivity index is 2.20. The van der Waals surface area contributed by atoms with E-state index in [1.807, 2.05) is 12.3 Å². The summed E-state index contributed by atoms with van der Waals surface area (Å²) in [4.78, 5) is 6.88. The van der Waals surface area contributed by atoms with Crippen molar-refractivity contribution in [3.8, 4) is 0 Å². The number of pyridine rings is 1. The van der Waals surface area contributed by atoms with Crippen LogP contribution in [-0.4, -0.2) is 29.0 Å². The summed E-state index contributed by atoms with van der Waals surface area (Å²) in [7, 11) is 2.20. The van der Waals surface area contributed by atoms with Gasteiger partial charge >= 0.3 is 0 Å². The molecule has 2 N–H and O–H groups in total. The van der Waals surface area contributed by atoms with E-state index in [1.54, 1.807) is 0 Å². The summed E-state index contributed by atoms with van der Waals surface area (Å²) in [5.41, 5.74) is 7.70. The van der Waals surface area contributed by atoms with E-state index in [4.69, 9.17) is 5.73 Å². The molecule has 1 atom stereocenters. The Morgan fingerprint density at radius 2 is 2.00 bits per heavy atom. The molecule has 1 heterocycles. The first-order valence-electron chi connectivity index (χ1n) is 7.33. The molecule has 1 aromatic heterocycles. The first-order valence-corrected chi connectivity index (χ1v) is 7.33. The van der Waals surface area contributed by atoms with Gasteiger partial charge in [-0.1, -0.05) is 32.8 Å². The van der Waals surface area contributed by atoms with Gasteiger partial charge in [-0.2, -0.15) is 0 Å². The van der Waals surface area contributed by atoms with Crippen LogP contribution in [0.25, 0.3) is 0 Å². The third kappa shape index (κ3) is 2.67. The molecule has 1 aliphatic carbocycles. The second-order valence-corrected chi connectivity index (χ2v) is 6.50. The van der Waals surface area contributed by atoms with E-state index >= 15 is 0 Å². The third-order valence-electron chi connectivity index (χ3n) is 5.10. The van der Waals surface area contributed by atoms with E-state index < -0.39 is 0 Å². The SMILES string of the molecule is CN(Cc1ccccn1)C1(CN)CCCCC1(C)C. The van der Waals surface area contributed by atoms with Crippen molar-refractivity contribution in [2.75, 3.05) is 13.6 Å². The molecule has 0 saturated heterocycles. The first kappa shape index (κ1) is 14.5. The van der Waals surface area contributed by atoms with Crippen molar-refractivity contribution in [2.24, 2.45) is 11.1 Å². The van der Waals surface area contributed by atoms with Crippen LogP contribution in [0.4, 0.5) is 0 Å². The molecule has 3 nitrogen and oxygen atoms in total. The maximum atomic E-state index is 6.21. The molecule has 19 heavy (non-hydrogen) atoms. The summed E-state index contributed by atoms with van der Waals surface area (Å²) in [6.45, 7) is 6.34. The summed E-state index contributed by atoms with van der Waals surface area (Å²) in [5, 5.41) is 0. The van der Waals surface area contributed by atoms with Crippen molar-refractivity contribution < 1.29 is 0 Å². The van der Waals surface area contributed by atoms with Gasteiger partial charge in [0.2, 0.25) is 0 Å². The van der Waals surface area contributed by atoms with Gasteiger partial charge in [0.25, 0.3) is 0 Å². The summed E-state index contributed by atoms with van der Waals surface area (Å²) in [6, 6.07) is 6.11.